The first-order valence-corrected chi connectivity index (χ1v) is 9.06. The van der Waals surface area contributed by atoms with E-state index in [2.05, 4.69) is 20.4 Å². The summed E-state index contributed by atoms with van der Waals surface area (Å²) in [4.78, 5) is 0. The van der Waals surface area contributed by atoms with Gasteiger partial charge >= 0.3 is 0 Å². The molecule has 0 radical (unpaired) electrons. The Bertz CT molecular complexity index is 920. The highest BCUT2D eigenvalue weighted by atomic mass is 35.5. The first-order valence-electron chi connectivity index (χ1n) is 8.28. The quantitative estimate of drug-likeness (QED) is 0.364. The average Bonchev–Trinajstić information content (AvgIpc) is 3.11. The van der Waals surface area contributed by atoms with Gasteiger partial charge in [-0.25, -0.2) is 0 Å². The minimum absolute atomic E-state index is 0.409. The molecule has 2 aromatic carbocycles. The Morgan fingerprint density at radius 1 is 1.15 bits per heavy atom. The average molecular weight is 399 g/mol. The van der Waals surface area contributed by atoms with E-state index in [9.17, 15) is 0 Å². The highest BCUT2D eigenvalue weighted by Crippen LogP contribution is 2.15. The first kappa shape index (κ1) is 18.9. The fourth-order valence-corrected chi connectivity index (χ4v) is 2.76. The Kier molecular flexibility index (Phi) is 6.46. The Labute approximate surface area is 168 Å². The number of ether oxygens (including phenoxy) is 1. The van der Waals surface area contributed by atoms with Gasteiger partial charge in [-0.15, -0.1) is 0 Å². The smallest absolute Gasteiger partial charge is 0.191 e. The van der Waals surface area contributed by atoms with Gasteiger partial charge in [0, 0.05) is 23.5 Å². The maximum absolute atomic E-state index is 5.94. The van der Waals surface area contributed by atoms with Crippen LogP contribution in [0.25, 0.3) is 0 Å². The highest BCUT2D eigenvalue weighted by Gasteiger charge is 2.01. The summed E-state index contributed by atoms with van der Waals surface area (Å²) in [7, 11) is 1.63. The third-order valence-corrected chi connectivity index (χ3v) is 4.29. The van der Waals surface area contributed by atoms with E-state index in [4.69, 9.17) is 28.6 Å². The van der Waals surface area contributed by atoms with Crippen LogP contribution in [0.2, 0.25) is 5.02 Å². The van der Waals surface area contributed by atoms with Crippen molar-refractivity contribution in [1.82, 2.24) is 9.99 Å². The molecule has 0 amide bonds. The molecular weight excluding hydrogens is 380 g/mol. The van der Waals surface area contributed by atoms with E-state index in [0.29, 0.717) is 5.11 Å². The molecule has 0 spiro atoms. The van der Waals surface area contributed by atoms with Crippen LogP contribution in [0.1, 0.15) is 11.3 Å². The number of benzene rings is 2. The predicted octanol–water partition coefficient (Wildman–Crippen LogP) is 4.52. The second-order valence-corrected chi connectivity index (χ2v) is 6.58. The zero-order valence-corrected chi connectivity index (χ0v) is 16.3. The Morgan fingerprint density at radius 3 is 2.59 bits per heavy atom. The molecule has 0 saturated heterocycles. The standard InChI is InChI=1S/C20H19ClN4OS/c1-26-19-10-8-17(9-11-19)23-20(27)24-22-13-18-3-2-12-25(18)14-15-4-6-16(21)7-5-15/h2-13H,14H2,1H3,(H2,23,24,27). The van der Waals surface area contributed by atoms with Crippen LogP contribution >= 0.6 is 23.8 Å². The topological polar surface area (TPSA) is 50.6 Å². The summed E-state index contributed by atoms with van der Waals surface area (Å²) >= 11 is 11.2. The molecule has 3 rings (SSSR count). The Morgan fingerprint density at radius 2 is 1.89 bits per heavy atom. The lowest BCUT2D eigenvalue weighted by atomic mass is 10.2. The molecule has 27 heavy (non-hydrogen) atoms. The van der Waals surface area contributed by atoms with E-state index in [1.807, 2.05) is 66.9 Å². The maximum Gasteiger partial charge on any atom is 0.191 e. The van der Waals surface area contributed by atoms with Crippen molar-refractivity contribution < 1.29 is 4.74 Å². The first-order chi connectivity index (χ1) is 13.1. The molecule has 3 aromatic rings. The van der Waals surface area contributed by atoms with Crippen LogP contribution in [0.3, 0.4) is 0 Å². The van der Waals surface area contributed by atoms with Gasteiger partial charge in [-0.3, -0.25) is 5.43 Å². The molecule has 0 bridgehead atoms. The van der Waals surface area contributed by atoms with E-state index in [-0.39, 0.29) is 0 Å². The predicted molar refractivity (Wildman–Crippen MR) is 115 cm³/mol. The van der Waals surface area contributed by atoms with Crippen LogP contribution in [-0.4, -0.2) is 23.0 Å². The summed E-state index contributed by atoms with van der Waals surface area (Å²) in [5.41, 5.74) is 5.81. The van der Waals surface area contributed by atoms with Crippen molar-refractivity contribution in [1.29, 1.82) is 0 Å². The minimum atomic E-state index is 0.409. The third kappa shape index (κ3) is 5.57. The van der Waals surface area contributed by atoms with Gasteiger partial charge in [-0.2, -0.15) is 5.10 Å². The number of rotatable bonds is 6. The molecule has 0 unspecified atom stereocenters. The fourth-order valence-electron chi connectivity index (χ4n) is 2.47. The van der Waals surface area contributed by atoms with Crippen molar-refractivity contribution in [3.05, 3.63) is 83.1 Å². The van der Waals surface area contributed by atoms with E-state index >= 15 is 0 Å². The van der Waals surface area contributed by atoms with Gasteiger partial charge in [0.05, 0.1) is 19.0 Å². The SMILES string of the molecule is COc1ccc(NC(=S)NN=Cc2cccn2Cc2ccc(Cl)cc2)cc1. The minimum Gasteiger partial charge on any atom is -0.497 e. The van der Waals surface area contributed by atoms with Gasteiger partial charge in [0.25, 0.3) is 0 Å². The number of halogens is 1. The largest absolute Gasteiger partial charge is 0.497 e. The van der Waals surface area contributed by atoms with Crippen molar-refractivity contribution in [2.24, 2.45) is 5.10 Å². The van der Waals surface area contributed by atoms with Gasteiger partial charge < -0.3 is 14.6 Å². The number of hydrazone groups is 1. The molecule has 1 heterocycles. The van der Waals surface area contributed by atoms with Gasteiger partial charge in [-0.1, -0.05) is 23.7 Å². The van der Waals surface area contributed by atoms with Crippen LogP contribution in [-0.2, 0) is 6.54 Å². The number of thiocarbonyl (C=S) groups is 1. The number of hydrogen-bond donors (Lipinski definition) is 2. The second-order valence-electron chi connectivity index (χ2n) is 5.74. The molecule has 0 aliphatic rings. The molecule has 0 fully saturated rings. The Hall–Kier alpha value is -2.83. The molecule has 5 nitrogen and oxygen atoms in total. The maximum atomic E-state index is 5.94. The molecule has 7 heteroatoms. The number of aromatic nitrogens is 1. The van der Waals surface area contributed by atoms with Crippen LogP contribution < -0.4 is 15.5 Å². The molecule has 1 aromatic heterocycles. The van der Waals surface area contributed by atoms with E-state index in [0.717, 1.165) is 34.3 Å². The third-order valence-electron chi connectivity index (χ3n) is 3.84. The summed E-state index contributed by atoms with van der Waals surface area (Å²) < 4.78 is 7.22. The second kappa shape index (κ2) is 9.21. The van der Waals surface area contributed by atoms with Crippen LogP contribution in [0.4, 0.5) is 5.69 Å². The Balaban J connectivity index is 1.55. The summed E-state index contributed by atoms with van der Waals surface area (Å²) in [6, 6.07) is 19.2. The van der Waals surface area contributed by atoms with Gasteiger partial charge in [0.2, 0.25) is 0 Å². The molecule has 0 aliphatic heterocycles. The van der Waals surface area contributed by atoms with E-state index < -0.39 is 0 Å². The lowest BCUT2D eigenvalue weighted by molar-refractivity contribution is 0.415. The van der Waals surface area contributed by atoms with E-state index in [1.165, 1.54) is 0 Å². The van der Waals surface area contributed by atoms with Gasteiger partial charge in [0.15, 0.2) is 5.11 Å². The van der Waals surface area contributed by atoms with E-state index in [1.54, 1.807) is 13.3 Å². The van der Waals surface area contributed by atoms with Gasteiger partial charge in [0.1, 0.15) is 5.75 Å². The number of nitrogens with zero attached hydrogens (tertiary/aromatic N) is 2. The van der Waals surface area contributed by atoms with Crippen molar-refractivity contribution >= 4 is 40.8 Å². The summed E-state index contributed by atoms with van der Waals surface area (Å²) in [5, 5.41) is 8.42. The molecule has 0 saturated carbocycles. The summed E-state index contributed by atoms with van der Waals surface area (Å²) in [5.74, 6) is 0.791. The number of nitrogens with one attached hydrogen (secondary N) is 2. The molecule has 0 atom stereocenters. The lowest BCUT2D eigenvalue weighted by Crippen LogP contribution is -2.24. The fraction of sp³-hybridized carbons (Fsp3) is 0.100. The summed E-state index contributed by atoms with van der Waals surface area (Å²) in [6.07, 6.45) is 3.74. The van der Waals surface area contributed by atoms with Crippen molar-refractivity contribution in [2.45, 2.75) is 6.54 Å². The summed E-state index contributed by atoms with van der Waals surface area (Å²) in [6.45, 7) is 0.736. The molecule has 0 aliphatic carbocycles. The van der Waals surface area contributed by atoms with Crippen molar-refractivity contribution in [3.8, 4) is 5.75 Å². The zero-order chi connectivity index (χ0) is 19.1. The number of hydrogen-bond acceptors (Lipinski definition) is 3. The van der Waals surface area contributed by atoms with Crippen molar-refractivity contribution in [2.75, 3.05) is 12.4 Å². The van der Waals surface area contributed by atoms with Crippen LogP contribution in [0, 0.1) is 0 Å². The van der Waals surface area contributed by atoms with Crippen LogP contribution in [0.5, 0.6) is 5.75 Å². The normalized spacial score (nSPS) is 10.7. The van der Waals surface area contributed by atoms with Crippen molar-refractivity contribution in [3.63, 3.8) is 0 Å². The van der Waals surface area contributed by atoms with Gasteiger partial charge in [-0.05, 0) is 66.3 Å². The lowest BCUT2D eigenvalue weighted by Gasteiger charge is -2.08. The number of methoxy groups -OCH3 is 1. The molecule has 2 N–H and O–H groups in total. The monoisotopic (exact) mass is 398 g/mol. The number of anilines is 1. The molecular formula is C20H19ClN4OS. The van der Waals surface area contributed by atoms with Crippen LogP contribution in [0.15, 0.2) is 72.0 Å². The zero-order valence-electron chi connectivity index (χ0n) is 14.7. The molecule has 138 valence electrons. The highest BCUT2D eigenvalue weighted by molar-refractivity contribution is 7.80.